The van der Waals surface area contributed by atoms with Gasteiger partial charge >= 0.3 is 0 Å². The van der Waals surface area contributed by atoms with E-state index in [9.17, 15) is 13.2 Å². The van der Waals surface area contributed by atoms with Gasteiger partial charge in [-0.15, -0.1) is 0 Å². The van der Waals surface area contributed by atoms with Crippen molar-refractivity contribution in [3.8, 4) is 0 Å². The van der Waals surface area contributed by atoms with Crippen LogP contribution in [-0.4, -0.2) is 69.3 Å². The maximum absolute atomic E-state index is 12.5. The predicted molar refractivity (Wildman–Crippen MR) is 97.3 cm³/mol. The van der Waals surface area contributed by atoms with Gasteiger partial charge in [0.25, 0.3) is 5.91 Å². The number of likely N-dealkylation sites (tertiary alicyclic amines) is 2. The molecular formula is C19H26N2O4S. The summed E-state index contributed by atoms with van der Waals surface area (Å²) >= 11 is 0. The highest BCUT2D eigenvalue weighted by atomic mass is 32.2. The molecule has 1 aromatic rings. The number of amides is 1. The van der Waals surface area contributed by atoms with E-state index in [1.165, 1.54) is 19.1 Å². The van der Waals surface area contributed by atoms with Crippen molar-refractivity contribution >= 4 is 15.7 Å². The summed E-state index contributed by atoms with van der Waals surface area (Å²) in [5.41, 5.74) is 1.09. The summed E-state index contributed by atoms with van der Waals surface area (Å²) in [5, 5.41) is 0. The Balaban J connectivity index is 1.40. The molecule has 4 rings (SSSR count). The molecule has 0 spiro atoms. The maximum Gasteiger partial charge on any atom is 0.252 e. The number of rotatable bonds is 6. The molecule has 0 bridgehead atoms. The van der Waals surface area contributed by atoms with Gasteiger partial charge in [-0.05, 0) is 36.5 Å². The van der Waals surface area contributed by atoms with E-state index in [1.54, 1.807) is 12.1 Å². The largest absolute Gasteiger partial charge is 0.368 e. The second-order valence-corrected chi connectivity index (χ2v) is 10.0. The number of benzene rings is 1. The topological polar surface area (TPSA) is 66.9 Å². The van der Waals surface area contributed by atoms with Gasteiger partial charge in [-0.25, -0.2) is 8.42 Å². The molecule has 2 saturated heterocycles. The quantitative estimate of drug-likeness (QED) is 0.743. The second-order valence-electron chi connectivity index (χ2n) is 7.99. The number of carbonyl (C=O) groups is 1. The zero-order valence-corrected chi connectivity index (χ0v) is 16.1. The molecule has 1 aliphatic carbocycles. The summed E-state index contributed by atoms with van der Waals surface area (Å²) in [5.74, 6) is 0.998. The van der Waals surface area contributed by atoms with Crippen LogP contribution in [0, 0.1) is 11.8 Å². The molecule has 1 aromatic carbocycles. The highest BCUT2D eigenvalue weighted by Crippen LogP contribution is 2.36. The predicted octanol–water partition coefficient (Wildman–Crippen LogP) is 1.16. The Morgan fingerprint density at radius 1 is 1.15 bits per heavy atom. The second kappa shape index (κ2) is 6.62. The molecule has 1 saturated carbocycles. The third kappa shape index (κ3) is 3.52. The molecule has 6 nitrogen and oxygen atoms in total. The van der Waals surface area contributed by atoms with Gasteiger partial charge in [0, 0.05) is 38.9 Å². The average molecular weight is 378 g/mol. The molecule has 3 fully saturated rings. The lowest BCUT2D eigenvalue weighted by atomic mass is 10.0. The standard InChI is InChI=1S/C19H26N2O4S/c1-20-17-11-21(9-13-5-7-15(8-6-13)26(2,23)24)10-16(17)18(19(20)22)25-12-14-3-4-14/h5-8,14,16-18H,3-4,9-12H2,1-2H3/t16-,17+,18-/m0/s1. The van der Waals surface area contributed by atoms with E-state index in [0.717, 1.165) is 25.2 Å². The molecular weight excluding hydrogens is 352 g/mol. The number of carbonyl (C=O) groups excluding carboxylic acids is 1. The average Bonchev–Trinajstić information content (AvgIpc) is 3.29. The van der Waals surface area contributed by atoms with E-state index in [2.05, 4.69) is 4.90 Å². The van der Waals surface area contributed by atoms with Gasteiger partial charge in [-0.1, -0.05) is 12.1 Å². The van der Waals surface area contributed by atoms with Crippen LogP contribution in [0.1, 0.15) is 18.4 Å². The highest BCUT2D eigenvalue weighted by Gasteiger charge is 2.51. The van der Waals surface area contributed by atoms with E-state index >= 15 is 0 Å². The molecule has 0 aromatic heterocycles. The number of nitrogens with zero attached hydrogens (tertiary/aromatic N) is 2. The van der Waals surface area contributed by atoms with Gasteiger partial charge in [-0.2, -0.15) is 0 Å². The summed E-state index contributed by atoms with van der Waals surface area (Å²) in [6.07, 6.45) is 3.36. The number of hydrogen-bond acceptors (Lipinski definition) is 5. The minimum atomic E-state index is -3.16. The minimum Gasteiger partial charge on any atom is -0.368 e. The lowest BCUT2D eigenvalue weighted by molar-refractivity contribution is -0.138. The Kier molecular flexibility index (Phi) is 4.57. The molecule has 0 N–H and O–H groups in total. The van der Waals surface area contributed by atoms with Crippen LogP contribution in [0.2, 0.25) is 0 Å². The third-order valence-electron chi connectivity index (χ3n) is 5.85. The number of sulfone groups is 1. The van der Waals surface area contributed by atoms with Crippen LogP contribution in [0.4, 0.5) is 0 Å². The fraction of sp³-hybridized carbons (Fsp3) is 0.632. The molecule has 2 aliphatic heterocycles. The van der Waals surface area contributed by atoms with Crippen molar-refractivity contribution in [2.45, 2.75) is 36.4 Å². The first-order valence-corrected chi connectivity index (χ1v) is 11.1. The van der Waals surface area contributed by atoms with Crippen LogP contribution in [0.5, 0.6) is 0 Å². The van der Waals surface area contributed by atoms with Crippen molar-refractivity contribution in [3.63, 3.8) is 0 Å². The fourth-order valence-electron chi connectivity index (χ4n) is 4.10. The lowest BCUT2D eigenvalue weighted by Crippen LogP contribution is -2.37. The molecule has 142 valence electrons. The van der Waals surface area contributed by atoms with Crippen LogP contribution in [-0.2, 0) is 25.9 Å². The van der Waals surface area contributed by atoms with E-state index in [0.29, 0.717) is 17.4 Å². The van der Waals surface area contributed by atoms with Crippen molar-refractivity contribution in [1.29, 1.82) is 0 Å². The first kappa shape index (κ1) is 17.9. The highest BCUT2D eigenvalue weighted by molar-refractivity contribution is 7.90. The number of ether oxygens (including phenoxy) is 1. The SMILES string of the molecule is CN1C(=O)[C@@H](OCC2CC2)[C@H]2CN(Cc3ccc(S(C)(=O)=O)cc3)C[C@H]21. The van der Waals surface area contributed by atoms with Gasteiger partial charge in [-0.3, -0.25) is 9.69 Å². The Morgan fingerprint density at radius 3 is 2.46 bits per heavy atom. The van der Waals surface area contributed by atoms with E-state index in [4.69, 9.17) is 4.74 Å². The van der Waals surface area contributed by atoms with Gasteiger partial charge in [0.1, 0.15) is 6.10 Å². The Labute approximate surface area is 155 Å². The van der Waals surface area contributed by atoms with Crippen molar-refractivity contribution < 1.29 is 17.9 Å². The van der Waals surface area contributed by atoms with Crippen LogP contribution in [0.25, 0.3) is 0 Å². The van der Waals surface area contributed by atoms with Crippen LogP contribution in [0.15, 0.2) is 29.2 Å². The molecule has 0 radical (unpaired) electrons. The Hall–Kier alpha value is -1.44. The first-order chi connectivity index (χ1) is 12.3. The molecule has 3 aliphatic rings. The van der Waals surface area contributed by atoms with Gasteiger partial charge in [0.05, 0.1) is 17.5 Å². The third-order valence-corrected chi connectivity index (χ3v) is 6.98. The van der Waals surface area contributed by atoms with E-state index in [-0.39, 0.29) is 24.0 Å². The van der Waals surface area contributed by atoms with Crippen LogP contribution in [0.3, 0.4) is 0 Å². The molecule has 3 atom stereocenters. The monoisotopic (exact) mass is 378 g/mol. The molecule has 1 amide bonds. The molecule has 2 heterocycles. The minimum absolute atomic E-state index is 0.123. The molecule has 7 heteroatoms. The summed E-state index contributed by atoms with van der Waals surface area (Å²) in [7, 11) is -1.28. The van der Waals surface area contributed by atoms with E-state index < -0.39 is 9.84 Å². The first-order valence-electron chi connectivity index (χ1n) is 9.22. The lowest BCUT2D eigenvalue weighted by Gasteiger charge is -2.22. The van der Waals surface area contributed by atoms with Crippen LogP contribution >= 0.6 is 0 Å². The van der Waals surface area contributed by atoms with Gasteiger partial charge in [0.15, 0.2) is 9.84 Å². The van der Waals surface area contributed by atoms with Crippen LogP contribution < -0.4 is 0 Å². The Morgan fingerprint density at radius 2 is 1.85 bits per heavy atom. The van der Waals surface area contributed by atoms with Crippen molar-refractivity contribution in [1.82, 2.24) is 9.80 Å². The fourth-order valence-corrected chi connectivity index (χ4v) is 4.73. The summed E-state index contributed by atoms with van der Waals surface area (Å²) < 4.78 is 29.1. The van der Waals surface area contributed by atoms with Gasteiger partial charge in [0.2, 0.25) is 0 Å². The van der Waals surface area contributed by atoms with Gasteiger partial charge < -0.3 is 9.64 Å². The summed E-state index contributed by atoms with van der Waals surface area (Å²) in [6, 6.07) is 7.29. The van der Waals surface area contributed by atoms with Crippen molar-refractivity contribution in [2.75, 3.05) is 33.0 Å². The number of likely N-dealkylation sites (N-methyl/N-ethyl adjacent to an activating group) is 1. The number of fused-ring (bicyclic) bond motifs is 1. The summed E-state index contributed by atoms with van der Waals surface area (Å²) in [4.78, 5) is 17.0. The van der Waals surface area contributed by atoms with E-state index in [1.807, 2.05) is 24.1 Å². The Bertz CT molecular complexity index is 788. The number of hydrogen-bond donors (Lipinski definition) is 0. The van der Waals surface area contributed by atoms with Crippen molar-refractivity contribution in [2.24, 2.45) is 11.8 Å². The molecule has 26 heavy (non-hydrogen) atoms. The normalized spacial score (nSPS) is 29.4. The molecule has 0 unspecified atom stereocenters. The zero-order valence-electron chi connectivity index (χ0n) is 15.3. The summed E-state index contributed by atoms with van der Waals surface area (Å²) in [6.45, 7) is 3.14. The smallest absolute Gasteiger partial charge is 0.252 e. The van der Waals surface area contributed by atoms with Crippen molar-refractivity contribution in [3.05, 3.63) is 29.8 Å². The maximum atomic E-state index is 12.5. The zero-order chi connectivity index (χ0) is 18.5.